The van der Waals surface area contributed by atoms with E-state index in [1.54, 1.807) is 42.7 Å². The lowest BCUT2D eigenvalue weighted by atomic mass is 10.9. The van der Waals surface area contributed by atoms with Crippen LogP contribution in [0.1, 0.15) is 0 Å². The van der Waals surface area contributed by atoms with E-state index in [1.807, 2.05) is 7.11 Å². The van der Waals surface area contributed by atoms with Crippen molar-refractivity contribution < 1.29 is 31.0 Å². The summed E-state index contributed by atoms with van der Waals surface area (Å²) >= 11 is 0. The summed E-state index contributed by atoms with van der Waals surface area (Å²) in [5.74, 6) is 0. The van der Waals surface area contributed by atoms with Crippen molar-refractivity contribution in [3.63, 3.8) is 0 Å². The van der Waals surface area contributed by atoms with Gasteiger partial charge in [-0.2, -0.15) is 0 Å². The summed E-state index contributed by atoms with van der Waals surface area (Å²) in [6, 6.07) is 5.71. The molecule has 0 bridgehead atoms. The fraction of sp³-hybridized carbons (Fsp3) is 1.00. The monoisotopic (exact) mass is 458 g/mol. The molecule has 0 saturated heterocycles. The van der Waals surface area contributed by atoms with Gasteiger partial charge in [0.05, 0.1) is 0 Å². The molecule has 0 heterocycles. The van der Waals surface area contributed by atoms with E-state index in [0.717, 1.165) is 36.3 Å². The molecule has 0 aromatic heterocycles. The highest BCUT2D eigenvalue weighted by molar-refractivity contribution is 6.80. The number of rotatable bonds is 16. The highest BCUT2D eigenvalue weighted by Crippen LogP contribution is 2.35. The molecule has 0 aliphatic rings. The highest BCUT2D eigenvalue weighted by Gasteiger charge is 2.44. The molecule has 0 amide bonds. The molecule has 0 saturated carbocycles. The van der Waals surface area contributed by atoms with Crippen LogP contribution >= 0.6 is 0 Å². The van der Waals surface area contributed by atoms with Gasteiger partial charge < -0.3 is 31.0 Å². The highest BCUT2D eigenvalue weighted by atomic mass is 28.4. The number of hydrogen-bond acceptors (Lipinski definition) is 7. The topological polar surface area (TPSA) is 64.6 Å². The molecule has 0 N–H and O–H groups in total. The summed E-state index contributed by atoms with van der Waals surface area (Å²) < 4.78 is 40.5. The zero-order valence-corrected chi connectivity index (χ0v) is 23.1. The molecule has 0 rings (SSSR count). The molecule has 0 radical (unpaired) electrons. The maximum atomic E-state index is 6.26. The van der Waals surface area contributed by atoms with E-state index in [9.17, 15) is 0 Å². The quantitative estimate of drug-likeness (QED) is 0.327. The van der Waals surface area contributed by atoms with Crippen LogP contribution in [0.5, 0.6) is 0 Å². The van der Waals surface area contributed by atoms with Crippen LogP contribution in [-0.4, -0.2) is 83.8 Å². The molecule has 0 aliphatic heterocycles. The van der Waals surface area contributed by atoms with E-state index in [1.165, 1.54) is 0 Å². The fourth-order valence-corrected chi connectivity index (χ4v) is 16.9. The Morgan fingerprint density at radius 1 is 0.370 bits per heavy atom. The van der Waals surface area contributed by atoms with Crippen LogP contribution in [0.25, 0.3) is 0 Å². The molecule has 0 aliphatic carbocycles. The molecule has 27 heavy (non-hydrogen) atoms. The minimum Gasteiger partial charge on any atom is -0.420 e. The zero-order chi connectivity index (χ0) is 21.2. The zero-order valence-electron chi connectivity index (χ0n) is 19.1. The Bertz CT molecular complexity index is 347. The van der Waals surface area contributed by atoms with Crippen molar-refractivity contribution in [3.05, 3.63) is 0 Å². The van der Waals surface area contributed by atoms with Crippen molar-refractivity contribution in [2.45, 2.75) is 55.9 Å². The third-order valence-corrected chi connectivity index (χ3v) is 20.6. The average Bonchev–Trinajstić information content (AvgIpc) is 2.72. The lowest BCUT2D eigenvalue weighted by Crippen LogP contribution is -2.47. The van der Waals surface area contributed by atoms with E-state index in [4.69, 9.17) is 31.0 Å². The van der Waals surface area contributed by atoms with Gasteiger partial charge in [-0.1, -0.05) is 0 Å². The first kappa shape index (κ1) is 27.6. The van der Waals surface area contributed by atoms with Gasteiger partial charge >= 0.3 is 25.7 Å². The van der Waals surface area contributed by atoms with E-state index < -0.39 is 34.0 Å². The molecular weight excluding hydrogens is 417 g/mol. The maximum Gasteiger partial charge on any atom is 0.334 e. The Labute approximate surface area is 170 Å². The molecule has 11 heteroatoms. The Morgan fingerprint density at radius 2 is 0.593 bits per heavy atom. The second-order valence-corrected chi connectivity index (χ2v) is 22.5. The third kappa shape index (κ3) is 8.86. The molecule has 164 valence electrons. The molecule has 0 spiro atoms. The van der Waals surface area contributed by atoms with Crippen molar-refractivity contribution in [3.8, 4) is 0 Å². The summed E-state index contributed by atoms with van der Waals surface area (Å²) in [4.78, 5) is 0. The van der Waals surface area contributed by atoms with Crippen molar-refractivity contribution in [2.24, 2.45) is 0 Å². The van der Waals surface area contributed by atoms with Crippen LogP contribution in [0.4, 0.5) is 0 Å². The van der Waals surface area contributed by atoms with Crippen LogP contribution in [0, 0.1) is 0 Å². The molecular formula is C16H42O7Si4. The Kier molecular flexibility index (Phi) is 12.6. The predicted molar refractivity (Wildman–Crippen MR) is 119 cm³/mol. The van der Waals surface area contributed by atoms with Crippen molar-refractivity contribution in [2.75, 3.05) is 49.8 Å². The van der Waals surface area contributed by atoms with Crippen molar-refractivity contribution in [1.82, 2.24) is 0 Å². The van der Waals surface area contributed by atoms with Gasteiger partial charge in [0.15, 0.2) is 8.32 Å². The van der Waals surface area contributed by atoms with Crippen molar-refractivity contribution in [1.29, 1.82) is 0 Å². The second-order valence-electron chi connectivity index (χ2n) is 7.51. The van der Waals surface area contributed by atoms with Gasteiger partial charge in [-0.15, -0.1) is 0 Å². The summed E-state index contributed by atoms with van der Waals surface area (Å²) in [7, 11) is 3.76. The predicted octanol–water partition coefficient (Wildman–Crippen LogP) is 3.67. The summed E-state index contributed by atoms with van der Waals surface area (Å²) in [5, 5.41) is 0. The van der Waals surface area contributed by atoms with Gasteiger partial charge in [-0.25, -0.2) is 0 Å². The van der Waals surface area contributed by atoms with E-state index in [-0.39, 0.29) is 0 Å². The molecule has 0 unspecified atom stereocenters. The Balaban J connectivity index is 5.40. The second kappa shape index (κ2) is 12.3. The normalized spacial score (nSPS) is 14.0. The van der Waals surface area contributed by atoms with Gasteiger partial charge in [-0.05, 0) is 55.9 Å². The van der Waals surface area contributed by atoms with Crippen LogP contribution < -0.4 is 0 Å². The van der Waals surface area contributed by atoms with Crippen LogP contribution in [0.3, 0.4) is 0 Å². The lowest BCUT2D eigenvalue weighted by Gasteiger charge is -2.36. The van der Waals surface area contributed by atoms with Crippen LogP contribution in [0.15, 0.2) is 0 Å². The Hall–Kier alpha value is 0.588. The van der Waals surface area contributed by atoms with Crippen LogP contribution in [0.2, 0.25) is 55.9 Å². The molecule has 0 aromatic rings. The SMILES string of the molecule is CO[Si](CC[Si](C)(OC)OC)(CC[Si](C)(OC)OC)CC[Si](C)(OC)OC. The van der Waals surface area contributed by atoms with E-state index >= 15 is 0 Å². The van der Waals surface area contributed by atoms with Crippen LogP contribution in [-0.2, 0) is 31.0 Å². The summed E-state index contributed by atoms with van der Waals surface area (Å²) in [5.41, 5.74) is 0. The summed E-state index contributed by atoms with van der Waals surface area (Å²) in [6.45, 7) is 6.32. The minimum atomic E-state index is -2.15. The fourth-order valence-electron chi connectivity index (χ4n) is 2.91. The van der Waals surface area contributed by atoms with Gasteiger partial charge in [0.2, 0.25) is 0 Å². The van der Waals surface area contributed by atoms with Crippen molar-refractivity contribution >= 4 is 34.0 Å². The van der Waals surface area contributed by atoms with E-state index in [2.05, 4.69) is 19.6 Å². The minimum absolute atomic E-state index is 0.913. The molecule has 0 fully saturated rings. The third-order valence-electron chi connectivity index (χ3n) is 6.13. The number of hydrogen-bond donors (Lipinski definition) is 0. The van der Waals surface area contributed by atoms with Gasteiger partial charge in [0.1, 0.15) is 0 Å². The van der Waals surface area contributed by atoms with Gasteiger partial charge in [0, 0.05) is 49.8 Å². The first-order valence-corrected chi connectivity index (χ1v) is 19.5. The van der Waals surface area contributed by atoms with Gasteiger partial charge in [0.25, 0.3) is 0 Å². The maximum absolute atomic E-state index is 6.26. The summed E-state index contributed by atoms with van der Waals surface area (Å²) in [6.07, 6.45) is 0. The van der Waals surface area contributed by atoms with Gasteiger partial charge in [-0.3, -0.25) is 0 Å². The first-order valence-electron chi connectivity index (χ1n) is 9.41. The Morgan fingerprint density at radius 3 is 0.741 bits per heavy atom. The van der Waals surface area contributed by atoms with E-state index in [0.29, 0.717) is 0 Å². The smallest absolute Gasteiger partial charge is 0.334 e. The average molecular weight is 459 g/mol. The molecule has 0 atom stereocenters. The molecule has 7 nitrogen and oxygen atoms in total. The lowest BCUT2D eigenvalue weighted by molar-refractivity contribution is 0.247. The standard InChI is InChI=1S/C16H42O7Si4/c1-17-24(8,18-2)11-14-27(23-7,15-12-25(9,19-3)20-4)16-13-26(10,21-5)22-6/h11-16H2,1-10H3. The largest absolute Gasteiger partial charge is 0.420 e. The first-order chi connectivity index (χ1) is 12.5. The molecule has 0 aromatic carbocycles.